The highest BCUT2D eigenvalue weighted by Gasteiger charge is 2.10. The third-order valence-corrected chi connectivity index (χ3v) is 2.96. The van der Waals surface area contributed by atoms with Crippen molar-refractivity contribution in [1.82, 2.24) is 0 Å². The molecule has 0 saturated heterocycles. The summed E-state index contributed by atoms with van der Waals surface area (Å²) in [6.45, 7) is 0.00666. The van der Waals surface area contributed by atoms with Gasteiger partial charge in [-0.25, -0.2) is 13.6 Å². The maximum absolute atomic E-state index is 13.5. The Labute approximate surface area is 121 Å². The Balaban J connectivity index is 2.11. The molecule has 20 heavy (non-hydrogen) atoms. The summed E-state index contributed by atoms with van der Waals surface area (Å²) in [6, 6.07) is 7.75. The molecule has 0 heterocycles. The molecule has 0 unspecified atom stereocenters. The predicted octanol–water partition coefficient (Wildman–Crippen LogP) is 4.00. The second-order valence-electron chi connectivity index (χ2n) is 4.01. The van der Waals surface area contributed by atoms with Crippen LogP contribution in [0.1, 0.15) is 15.9 Å². The molecule has 0 spiro atoms. The van der Waals surface area contributed by atoms with Crippen molar-refractivity contribution in [3.63, 3.8) is 0 Å². The number of rotatable bonds is 4. The normalized spacial score (nSPS) is 10.3. The molecule has 0 aliphatic heterocycles. The van der Waals surface area contributed by atoms with Crippen LogP contribution in [0.4, 0.5) is 8.78 Å². The number of carbonyl (C=O) groups is 1. The van der Waals surface area contributed by atoms with Gasteiger partial charge in [0.05, 0.1) is 5.56 Å². The van der Waals surface area contributed by atoms with Crippen molar-refractivity contribution >= 4 is 21.9 Å². The van der Waals surface area contributed by atoms with Gasteiger partial charge >= 0.3 is 5.97 Å². The standard InChI is InChI=1S/C14H9BrF2O3/c15-9-4-10(16)6-11(5-9)20-7-8-1-2-12(14(18)19)13(17)3-8/h1-6H,7H2,(H,18,19). The van der Waals surface area contributed by atoms with Crippen molar-refractivity contribution in [3.8, 4) is 5.75 Å². The molecule has 0 amide bonds. The summed E-state index contributed by atoms with van der Waals surface area (Å²) in [7, 11) is 0. The lowest BCUT2D eigenvalue weighted by Crippen LogP contribution is -2.03. The lowest BCUT2D eigenvalue weighted by atomic mass is 10.1. The van der Waals surface area contributed by atoms with Crippen molar-refractivity contribution in [2.75, 3.05) is 0 Å². The maximum atomic E-state index is 13.5. The first-order valence-corrected chi connectivity index (χ1v) is 6.35. The van der Waals surface area contributed by atoms with Crippen LogP contribution in [-0.4, -0.2) is 11.1 Å². The van der Waals surface area contributed by atoms with Gasteiger partial charge in [0.2, 0.25) is 0 Å². The molecule has 104 valence electrons. The molecule has 2 aromatic rings. The number of carboxylic acid groups (broad SMARTS) is 1. The van der Waals surface area contributed by atoms with E-state index in [1.807, 2.05) is 0 Å². The molecule has 6 heteroatoms. The summed E-state index contributed by atoms with van der Waals surface area (Å²) in [5, 5.41) is 8.71. The van der Waals surface area contributed by atoms with E-state index in [4.69, 9.17) is 9.84 Å². The highest BCUT2D eigenvalue weighted by atomic mass is 79.9. The lowest BCUT2D eigenvalue weighted by molar-refractivity contribution is 0.0692. The summed E-state index contributed by atoms with van der Waals surface area (Å²) in [5.74, 6) is -2.33. The zero-order valence-electron chi connectivity index (χ0n) is 10.1. The minimum atomic E-state index is -1.33. The van der Waals surface area contributed by atoms with Crippen LogP contribution >= 0.6 is 15.9 Å². The average molecular weight is 343 g/mol. The van der Waals surface area contributed by atoms with Crippen LogP contribution in [0.15, 0.2) is 40.9 Å². The number of halogens is 3. The van der Waals surface area contributed by atoms with Gasteiger partial charge in [-0.2, -0.15) is 0 Å². The third kappa shape index (κ3) is 3.54. The molecule has 0 bridgehead atoms. The summed E-state index contributed by atoms with van der Waals surface area (Å²) in [4.78, 5) is 10.7. The van der Waals surface area contributed by atoms with Crippen LogP contribution in [-0.2, 0) is 6.61 Å². The summed E-state index contributed by atoms with van der Waals surface area (Å²) in [5.41, 5.74) is 0.0510. The topological polar surface area (TPSA) is 46.5 Å². The molecule has 1 N–H and O–H groups in total. The number of carboxylic acids is 1. The highest BCUT2D eigenvalue weighted by molar-refractivity contribution is 9.10. The lowest BCUT2D eigenvalue weighted by Gasteiger charge is -2.08. The van der Waals surface area contributed by atoms with E-state index in [0.717, 1.165) is 12.1 Å². The van der Waals surface area contributed by atoms with Gasteiger partial charge in [-0.05, 0) is 29.8 Å². The molecular weight excluding hydrogens is 334 g/mol. The molecule has 0 radical (unpaired) electrons. The Morgan fingerprint density at radius 3 is 2.55 bits per heavy atom. The van der Waals surface area contributed by atoms with Gasteiger partial charge < -0.3 is 9.84 Å². The average Bonchev–Trinajstić information content (AvgIpc) is 2.35. The number of hydrogen-bond donors (Lipinski definition) is 1. The van der Waals surface area contributed by atoms with E-state index in [1.54, 1.807) is 6.07 Å². The molecule has 0 saturated carbocycles. The van der Waals surface area contributed by atoms with Crippen LogP contribution in [0, 0.1) is 11.6 Å². The first-order valence-electron chi connectivity index (χ1n) is 5.56. The monoisotopic (exact) mass is 342 g/mol. The van der Waals surface area contributed by atoms with E-state index in [-0.39, 0.29) is 6.61 Å². The fourth-order valence-corrected chi connectivity index (χ4v) is 2.04. The van der Waals surface area contributed by atoms with Gasteiger partial charge in [0.15, 0.2) is 0 Å². The van der Waals surface area contributed by atoms with E-state index >= 15 is 0 Å². The Morgan fingerprint density at radius 1 is 1.20 bits per heavy atom. The SMILES string of the molecule is O=C(O)c1ccc(COc2cc(F)cc(Br)c2)cc1F. The first-order chi connectivity index (χ1) is 9.45. The summed E-state index contributed by atoms with van der Waals surface area (Å²) in [6.07, 6.45) is 0. The molecule has 0 fully saturated rings. The van der Waals surface area contributed by atoms with Crippen molar-refractivity contribution in [2.24, 2.45) is 0 Å². The quantitative estimate of drug-likeness (QED) is 0.913. The molecule has 3 nitrogen and oxygen atoms in total. The van der Waals surface area contributed by atoms with Gasteiger partial charge in [0, 0.05) is 10.5 Å². The maximum Gasteiger partial charge on any atom is 0.338 e. The molecule has 0 aliphatic rings. The smallest absolute Gasteiger partial charge is 0.338 e. The van der Waals surface area contributed by atoms with Crippen molar-refractivity contribution in [3.05, 3.63) is 63.6 Å². The van der Waals surface area contributed by atoms with E-state index in [0.29, 0.717) is 15.8 Å². The Kier molecular flexibility index (Phi) is 4.34. The van der Waals surface area contributed by atoms with Crippen LogP contribution in [0.2, 0.25) is 0 Å². The van der Waals surface area contributed by atoms with Gasteiger partial charge in [0.1, 0.15) is 24.0 Å². The predicted molar refractivity (Wildman–Crippen MR) is 71.8 cm³/mol. The Hall–Kier alpha value is -1.95. The van der Waals surface area contributed by atoms with Gasteiger partial charge in [-0.15, -0.1) is 0 Å². The first kappa shape index (κ1) is 14.5. The second-order valence-corrected chi connectivity index (χ2v) is 4.93. The minimum Gasteiger partial charge on any atom is -0.489 e. The Bertz CT molecular complexity index is 639. The van der Waals surface area contributed by atoms with E-state index in [9.17, 15) is 13.6 Å². The molecule has 2 rings (SSSR count). The van der Waals surface area contributed by atoms with Gasteiger partial charge in [-0.3, -0.25) is 0 Å². The van der Waals surface area contributed by atoms with Crippen LogP contribution in [0.25, 0.3) is 0 Å². The molecule has 0 atom stereocenters. The Morgan fingerprint density at radius 2 is 1.95 bits per heavy atom. The second kappa shape index (κ2) is 6.00. The van der Waals surface area contributed by atoms with E-state index in [2.05, 4.69) is 15.9 Å². The number of benzene rings is 2. The van der Waals surface area contributed by atoms with Crippen molar-refractivity contribution < 1.29 is 23.4 Å². The van der Waals surface area contributed by atoms with Crippen LogP contribution in [0.3, 0.4) is 0 Å². The molecule has 2 aromatic carbocycles. The molecular formula is C14H9BrF2O3. The van der Waals surface area contributed by atoms with E-state index in [1.165, 1.54) is 18.2 Å². The van der Waals surface area contributed by atoms with Crippen molar-refractivity contribution in [1.29, 1.82) is 0 Å². The number of ether oxygens (including phenoxy) is 1. The minimum absolute atomic E-state index is 0.00666. The fourth-order valence-electron chi connectivity index (χ4n) is 1.60. The van der Waals surface area contributed by atoms with Crippen LogP contribution < -0.4 is 4.74 Å². The summed E-state index contributed by atoms with van der Waals surface area (Å²) < 4.78 is 32.4. The van der Waals surface area contributed by atoms with Gasteiger partial charge in [0.25, 0.3) is 0 Å². The van der Waals surface area contributed by atoms with E-state index < -0.39 is 23.2 Å². The highest BCUT2D eigenvalue weighted by Crippen LogP contribution is 2.22. The van der Waals surface area contributed by atoms with Crippen molar-refractivity contribution in [2.45, 2.75) is 6.61 Å². The van der Waals surface area contributed by atoms with Gasteiger partial charge in [-0.1, -0.05) is 22.0 Å². The zero-order chi connectivity index (χ0) is 14.7. The van der Waals surface area contributed by atoms with Crippen LogP contribution in [0.5, 0.6) is 5.75 Å². The number of aromatic carboxylic acids is 1. The summed E-state index contributed by atoms with van der Waals surface area (Å²) >= 11 is 3.13. The third-order valence-electron chi connectivity index (χ3n) is 2.51. The fraction of sp³-hybridized carbons (Fsp3) is 0.0714. The number of hydrogen-bond acceptors (Lipinski definition) is 2. The zero-order valence-corrected chi connectivity index (χ0v) is 11.7. The molecule has 0 aliphatic carbocycles. The molecule has 0 aromatic heterocycles. The largest absolute Gasteiger partial charge is 0.489 e.